The highest BCUT2D eigenvalue weighted by molar-refractivity contribution is 6.26. The van der Waals surface area contributed by atoms with Crippen LogP contribution in [0.3, 0.4) is 0 Å². The summed E-state index contributed by atoms with van der Waals surface area (Å²) in [6, 6.07) is 3.52. The Balaban J connectivity index is 1.11. The second-order valence-corrected chi connectivity index (χ2v) is 11.8. The zero-order valence-electron chi connectivity index (χ0n) is 29.0. The standard InChI is InChI=1S/C35H51N3O12/c1-2-3-5-12-31(41)50-25-24-49-23-22-48-21-20-47-19-18-46-17-16-45-15-7-4-6-11-29(39)36-27-10-8-9-26-32(27)35(44)38(34(26)43)28-13-14-30(40)37-33(28)42/h8-10,28H,2-7,11-25H2,1H3,(H,36,39)(H,37,40,42). The van der Waals surface area contributed by atoms with Crippen molar-refractivity contribution in [2.24, 2.45) is 0 Å². The van der Waals surface area contributed by atoms with E-state index in [-0.39, 0.29) is 54.6 Å². The molecule has 0 radical (unpaired) electrons. The van der Waals surface area contributed by atoms with E-state index in [0.717, 1.165) is 37.0 Å². The molecule has 0 saturated carbocycles. The number of nitrogens with zero attached hydrogens (tertiary/aromatic N) is 1. The molecule has 2 aliphatic rings. The Labute approximate surface area is 293 Å². The first-order valence-electron chi connectivity index (χ1n) is 17.5. The molecule has 3 rings (SSSR count). The van der Waals surface area contributed by atoms with E-state index in [1.807, 2.05) is 0 Å². The lowest BCUT2D eigenvalue weighted by molar-refractivity contribution is -0.145. The van der Waals surface area contributed by atoms with Crippen LogP contribution in [0.5, 0.6) is 0 Å². The molecule has 5 amide bonds. The summed E-state index contributed by atoms with van der Waals surface area (Å²) in [6.45, 7) is 6.75. The van der Waals surface area contributed by atoms with Crippen LogP contribution in [0.1, 0.15) is 91.8 Å². The molecule has 0 spiro atoms. The molecule has 15 nitrogen and oxygen atoms in total. The largest absolute Gasteiger partial charge is 0.463 e. The lowest BCUT2D eigenvalue weighted by Crippen LogP contribution is -2.54. The van der Waals surface area contributed by atoms with Crippen molar-refractivity contribution in [1.29, 1.82) is 0 Å². The number of nitrogens with one attached hydrogen (secondary N) is 2. The van der Waals surface area contributed by atoms with Gasteiger partial charge in [0.1, 0.15) is 12.6 Å². The van der Waals surface area contributed by atoms with Gasteiger partial charge in [-0.2, -0.15) is 0 Å². The van der Waals surface area contributed by atoms with Crippen molar-refractivity contribution in [3.05, 3.63) is 29.3 Å². The maximum atomic E-state index is 13.2. The molecule has 50 heavy (non-hydrogen) atoms. The van der Waals surface area contributed by atoms with Crippen molar-refractivity contribution in [3.63, 3.8) is 0 Å². The summed E-state index contributed by atoms with van der Waals surface area (Å²) in [5.74, 6) is -2.90. The molecule has 0 aliphatic carbocycles. The molecule has 15 heteroatoms. The molecule has 1 aromatic carbocycles. The average molecular weight is 706 g/mol. The summed E-state index contributed by atoms with van der Waals surface area (Å²) in [7, 11) is 0. The monoisotopic (exact) mass is 705 g/mol. The van der Waals surface area contributed by atoms with Gasteiger partial charge in [0, 0.05) is 25.9 Å². The molecular weight excluding hydrogens is 654 g/mol. The third-order valence-electron chi connectivity index (χ3n) is 7.90. The van der Waals surface area contributed by atoms with Crippen LogP contribution in [0.25, 0.3) is 0 Å². The smallest absolute Gasteiger partial charge is 0.305 e. The van der Waals surface area contributed by atoms with E-state index in [1.165, 1.54) is 6.07 Å². The predicted molar refractivity (Wildman–Crippen MR) is 179 cm³/mol. The summed E-state index contributed by atoms with van der Waals surface area (Å²) in [6.07, 6.45) is 5.87. The number of amides is 5. The Bertz CT molecular complexity index is 1270. The van der Waals surface area contributed by atoms with Crippen LogP contribution < -0.4 is 10.6 Å². The van der Waals surface area contributed by atoms with E-state index >= 15 is 0 Å². The topological polar surface area (TPSA) is 185 Å². The Morgan fingerprint density at radius 2 is 1.34 bits per heavy atom. The first-order chi connectivity index (χ1) is 24.3. The number of ether oxygens (including phenoxy) is 6. The molecule has 1 unspecified atom stereocenters. The zero-order valence-corrected chi connectivity index (χ0v) is 29.0. The number of benzene rings is 1. The molecule has 1 saturated heterocycles. The average Bonchev–Trinajstić information content (AvgIpc) is 3.35. The fourth-order valence-corrected chi connectivity index (χ4v) is 5.29. The minimum Gasteiger partial charge on any atom is -0.463 e. The molecule has 2 aliphatic heterocycles. The van der Waals surface area contributed by atoms with Gasteiger partial charge in [-0.05, 0) is 37.8 Å². The Hall–Kier alpha value is -3.76. The number of hydrogen-bond donors (Lipinski definition) is 2. The van der Waals surface area contributed by atoms with Crippen molar-refractivity contribution < 1.29 is 57.2 Å². The number of esters is 1. The maximum absolute atomic E-state index is 13.2. The van der Waals surface area contributed by atoms with Gasteiger partial charge in [0.05, 0.1) is 76.3 Å². The highest BCUT2D eigenvalue weighted by Gasteiger charge is 2.45. The van der Waals surface area contributed by atoms with E-state index in [9.17, 15) is 28.8 Å². The minimum absolute atomic E-state index is 0.0289. The van der Waals surface area contributed by atoms with E-state index in [4.69, 9.17) is 28.4 Å². The van der Waals surface area contributed by atoms with Gasteiger partial charge in [-0.15, -0.1) is 0 Å². The number of imide groups is 2. The van der Waals surface area contributed by atoms with Crippen LogP contribution in [-0.4, -0.2) is 119 Å². The van der Waals surface area contributed by atoms with Crippen molar-refractivity contribution in [3.8, 4) is 0 Å². The molecular formula is C35H51N3O12. The van der Waals surface area contributed by atoms with Crippen LogP contribution in [0.2, 0.25) is 0 Å². The minimum atomic E-state index is -1.07. The summed E-state index contributed by atoms with van der Waals surface area (Å²) in [4.78, 5) is 74.9. The van der Waals surface area contributed by atoms with E-state index in [0.29, 0.717) is 78.9 Å². The van der Waals surface area contributed by atoms with Crippen LogP contribution in [0.15, 0.2) is 18.2 Å². The van der Waals surface area contributed by atoms with E-state index < -0.39 is 29.7 Å². The Kier molecular flexibility index (Phi) is 19.2. The molecule has 1 atom stereocenters. The lowest BCUT2D eigenvalue weighted by Gasteiger charge is -2.27. The van der Waals surface area contributed by atoms with Crippen molar-refractivity contribution in [1.82, 2.24) is 10.2 Å². The Morgan fingerprint density at radius 1 is 0.740 bits per heavy atom. The number of rotatable bonds is 27. The summed E-state index contributed by atoms with van der Waals surface area (Å²) in [5.41, 5.74) is 0.381. The Morgan fingerprint density at radius 3 is 1.96 bits per heavy atom. The SMILES string of the molecule is CCCCCC(=O)OCCOCCOCCOCCOCCOCCCCCC(=O)Nc1cccc2c1C(=O)N(C1CCC(=O)NC1=O)C2=O. The van der Waals surface area contributed by atoms with Gasteiger partial charge in [-0.3, -0.25) is 39.0 Å². The molecule has 0 aromatic heterocycles. The number of hydrogen-bond acceptors (Lipinski definition) is 12. The number of carbonyl (C=O) groups is 6. The van der Waals surface area contributed by atoms with Gasteiger partial charge in [0.25, 0.3) is 11.8 Å². The fraction of sp³-hybridized carbons (Fsp3) is 0.657. The maximum Gasteiger partial charge on any atom is 0.305 e. The predicted octanol–water partition coefficient (Wildman–Crippen LogP) is 2.79. The van der Waals surface area contributed by atoms with Gasteiger partial charge < -0.3 is 33.7 Å². The molecule has 1 fully saturated rings. The van der Waals surface area contributed by atoms with Gasteiger partial charge in [0.2, 0.25) is 17.7 Å². The molecule has 2 heterocycles. The lowest BCUT2D eigenvalue weighted by atomic mass is 10.0. The fourth-order valence-electron chi connectivity index (χ4n) is 5.29. The summed E-state index contributed by atoms with van der Waals surface area (Å²) >= 11 is 0. The third kappa shape index (κ3) is 14.2. The number of carbonyl (C=O) groups excluding carboxylic acids is 6. The second-order valence-electron chi connectivity index (χ2n) is 11.8. The number of fused-ring (bicyclic) bond motifs is 1. The number of anilines is 1. The van der Waals surface area contributed by atoms with Crippen LogP contribution in [-0.2, 0) is 47.6 Å². The molecule has 278 valence electrons. The third-order valence-corrected chi connectivity index (χ3v) is 7.90. The van der Waals surface area contributed by atoms with Gasteiger partial charge in [0.15, 0.2) is 0 Å². The zero-order chi connectivity index (χ0) is 36.0. The van der Waals surface area contributed by atoms with Crippen molar-refractivity contribution >= 4 is 41.2 Å². The van der Waals surface area contributed by atoms with Gasteiger partial charge in [-0.1, -0.05) is 32.3 Å². The summed E-state index contributed by atoms with van der Waals surface area (Å²) in [5, 5.41) is 4.90. The highest BCUT2D eigenvalue weighted by atomic mass is 16.6. The van der Waals surface area contributed by atoms with E-state index in [1.54, 1.807) is 12.1 Å². The quantitative estimate of drug-likeness (QED) is 0.0776. The van der Waals surface area contributed by atoms with Crippen molar-refractivity contribution in [2.75, 3.05) is 78.0 Å². The van der Waals surface area contributed by atoms with Crippen LogP contribution >= 0.6 is 0 Å². The number of unbranched alkanes of at least 4 members (excludes halogenated alkanes) is 4. The summed E-state index contributed by atoms with van der Waals surface area (Å²) < 4.78 is 32.4. The normalized spacial score (nSPS) is 15.7. The first kappa shape index (κ1) is 40.7. The van der Waals surface area contributed by atoms with E-state index in [2.05, 4.69) is 17.6 Å². The van der Waals surface area contributed by atoms with Gasteiger partial charge >= 0.3 is 5.97 Å². The second kappa shape index (κ2) is 23.6. The van der Waals surface area contributed by atoms with Crippen LogP contribution in [0, 0.1) is 0 Å². The van der Waals surface area contributed by atoms with Crippen molar-refractivity contribution in [2.45, 2.75) is 77.2 Å². The molecule has 0 bridgehead atoms. The number of piperidine rings is 1. The molecule has 2 N–H and O–H groups in total. The van der Waals surface area contributed by atoms with Gasteiger partial charge in [-0.25, -0.2) is 0 Å². The highest BCUT2D eigenvalue weighted by Crippen LogP contribution is 2.32. The molecule has 1 aromatic rings. The first-order valence-corrected chi connectivity index (χ1v) is 17.5. The van der Waals surface area contributed by atoms with Crippen LogP contribution in [0.4, 0.5) is 5.69 Å².